The lowest BCUT2D eigenvalue weighted by atomic mass is 10.2. The number of nitrogen functional groups attached to an aromatic ring is 1. The van der Waals surface area contributed by atoms with Crippen LogP contribution in [-0.2, 0) is 4.79 Å². The highest BCUT2D eigenvalue weighted by atomic mass is 16.6. The highest BCUT2D eigenvalue weighted by molar-refractivity contribution is 5.99. The van der Waals surface area contributed by atoms with Gasteiger partial charge in [-0.15, -0.1) is 0 Å². The summed E-state index contributed by atoms with van der Waals surface area (Å²) in [6.07, 6.45) is 1.92. The van der Waals surface area contributed by atoms with Gasteiger partial charge in [-0.05, 0) is 6.42 Å². The monoisotopic (exact) mass is 295 g/mol. The first-order chi connectivity index (χ1) is 9.95. The second kappa shape index (κ2) is 7.78. The van der Waals surface area contributed by atoms with Crippen LogP contribution in [0.2, 0.25) is 0 Å². The molecule has 4 N–H and O–H groups in total. The predicted octanol–water partition coefficient (Wildman–Crippen LogP) is 0.218. The summed E-state index contributed by atoms with van der Waals surface area (Å²) in [5.41, 5.74) is 5.10. The van der Waals surface area contributed by atoms with E-state index in [1.165, 1.54) is 0 Å². The van der Waals surface area contributed by atoms with E-state index in [0.717, 1.165) is 18.7 Å². The van der Waals surface area contributed by atoms with Crippen molar-refractivity contribution >= 4 is 23.3 Å². The summed E-state index contributed by atoms with van der Waals surface area (Å²) in [5.74, 6) is -0.886. The highest BCUT2D eigenvalue weighted by Crippen LogP contribution is 2.16. The summed E-state index contributed by atoms with van der Waals surface area (Å²) in [5, 5.41) is 15.8. The molecular weight excluding hydrogens is 278 g/mol. The Balaban J connectivity index is 2.58. The Morgan fingerprint density at radius 1 is 1.38 bits per heavy atom. The quantitative estimate of drug-likeness (QED) is 0.485. The van der Waals surface area contributed by atoms with Crippen LogP contribution in [0.25, 0.3) is 0 Å². The van der Waals surface area contributed by atoms with Gasteiger partial charge in [0.25, 0.3) is 11.6 Å². The number of hydrogen-bond donors (Lipinski definition) is 3. The molecule has 0 spiro atoms. The molecule has 1 aromatic heterocycles. The van der Waals surface area contributed by atoms with Gasteiger partial charge in [0.05, 0.1) is 10.5 Å². The minimum atomic E-state index is -0.665. The fourth-order valence-electron chi connectivity index (χ4n) is 1.48. The van der Waals surface area contributed by atoms with Crippen molar-refractivity contribution in [1.82, 2.24) is 15.6 Å². The van der Waals surface area contributed by atoms with Crippen LogP contribution < -0.4 is 16.4 Å². The molecule has 1 rings (SSSR count). The van der Waals surface area contributed by atoms with E-state index in [9.17, 15) is 19.7 Å². The van der Waals surface area contributed by atoms with E-state index < -0.39 is 10.8 Å². The van der Waals surface area contributed by atoms with Crippen molar-refractivity contribution in [3.8, 4) is 0 Å². The molecule has 0 radical (unpaired) electrons. The predicted molar refractivity (Wildman–Crippen MR) is 75.6 cm³/mol. The number of pyridine rings is 1. The number of rotatable bonds is 7. The molecule has 0 aliphatic rings. The Bertz CT molecular complexity index is 546. The van der Waals surface area contributed by atoms with E-state index >= 15 is 0 Å². The number of hydrogen-bond acceptors (Lipinski definition) is 6. The molecule has 0 atom stereocenters. The first-order valence-corrected chi connectivity index (χ1v) is 6.40. The Hall–Kier alpha value is -2.71. The number of carbonyl (C=O) groups is 2. The van der Waals surface area contributed by atoms with Crippen LogP contribution >= 0.6 is 0 Å². The molecule has 0 saturated heterocycles. The van der Waals surface area contributed by atoms with Crippen LogP contribution in [0.15, 0.2) is 12.3 Å². The van der Waals surface area contributed by atoms with E-state index in [-0.39, 0.29) is 35.9 Å². The van der Waals surface area contributed by atoms with Crippen molar-refractivity contribution in [2.24, 2.45) is 0 Å². The van der Waals surface area contributed by atoms with Crippen molar-refractivity contribution in [3.05, 3.63) is 27.9 Å². The molecule has 0 aliphatic heterocycles. The Morgan fingerprint density at radius 2 is 2.10 bits per heavy atom. The van der Waals surface area contributed by atoms with E-state index in [1.54, 1.807) is 0 Å². The molecule has 2 amide bonds. The summed E-state index contributed by atoms with van der Waals surface area (Å²) in [4.78, 5) is 36.8. The van der Waals surface area contributed by atoms with Gasteiger partial charge in [-0.1, -0.05) is 6.92 Å². The highest BCUT2D eigenvalue weighted by Gasteiger charge is 2.16. The number of nitro groups is 1. The Labute approximate surface area is 121 Å². The number of carbonyl (C=O) groups excluding carboxylic acids is 2. The van der Waals surface area contributed by atoms with Gasteiger partial charge in [0, 0.05) is 25.6 Å². The molecule has 0 unspecified atom stereocenters. The third-order valence-electron chi connectivity index (χ3n) is 2.57. The summed E-state index contributed by atoms with van der Waals surface area (Å²) >= 11 is 0. The minimum Gasteiger partial charge on any atom is -0.383 e. The molecule has 0 bridgehead atoms. The second-order valence-electron chi connectivity index (χ2n) is 4.24. The van der Waals surface area contributed by atoms with Gasteiger partial charge in [0.2, 0.25) is 5.91 Å². The molecule has 9 heteroatoms. The van der Waals surface area contributed by atoms with Gasteiger partial charge in [-0.25, -0.2) is 4.98 Å². The van der Waals surface area contributed by atoms with E-state index in [1.807, 2.05) is 6.92 Å². The average Bonchev–Trinajstić information content (AvgIpc) is 2.45. The zero-order valence-corrected chi connectivity index (χ0v) is 11.6. The lowest BCUT2D eigenvalue weighted by molar-refractivity contribution is -0.385. The van der Waals surface area contributed by atoms with Gasteiger partial charge in [-0.3, -0.25) is 19.7 Å². The van der Waals surface area contributed by atoms with Crippen molar-refractivity contribution < 1.29 is 14.5 Å². The second-order valence-corrected chi connectivity index (χ2v) is 4.24. The fourth-order valence-corrected chi connectivity index (χ4v) is 1.48. The fraction of sp³-hybridized carbons (Fsp3) is 0.417. The van der Waals surface area contributed by atoms with Gasteiger partial charge >= 0.3 is 0 Å². The molecule has 0 aliphatic carbocycles. The summed E-state index contributed by atoms with van der Waals surface area (Å²) in [6.45, 7) is 2.62. The Kier molecular flexibility index (Phi) is 6.05. The van der Waals surface area contributed by atoms with E-state index in [4.69, 9.17) is 5.73 Å². The van der Waals surface area contributed by atoms with Crippen molar-refractivity contribution in [2.45, 2.75) is 19.8 Å². The van der Waals surface area contributed by atoms with Crippen LogP contribution in [0.5, 0.6) is 0 Å². The number of amides is 2. The van der Waals surface area contributed by atoms with Gasteiger partial charge in [-0.2, -0.15) is 0 Å². The lowest BCUT2D eigenvalue weighted by Gasteiger charge is -2.07. The third-order valence-corrected chi connectivity index (χ3v) is 2.57. The minimum absolute atomic E-state index is 0.0850. The maximum absolute atomic E-state index is 11.9. The molecule has 0 saturated carbocycles. The zero-order valence-electron chi connectivity index (χ0n) is 11.6. The Morgan fingerprint density at radius 3 is 2.71 bits per heavy atom. The van der Waals surface area contributed by atoms with Gasteiger partial charge in [0.15, 0.2) is 0 Å². The normalized spacial score (nSPS) is 9.95. The number of aromatic nitrogens is 1. The third kappa shape index (κ3) is 5.05. The largest absolute Gasteiger partial charge is 0.383 e. The standard InChI is InChI=1S/C12H17N5O4/c1-2-4-14-10(18)3-5-15-12(19)9-6-8(17(20)21)7-16-11(9)13/h6-7H,2-5H2,1H3,(H2,13,16)(H,14,18)(H,15,19). The molecule has 9 nitrogen and oxygen atoms in total. The molecule has 0 aromatic carbocycles. The van der Waals surface area contributed by atoms with Crippen LogP contribution in [0, 0.1) is 10.1 Å². The molecule has 1 heterocycles. The van der Waals surface area contributed by atoms with Gasteiger partial charge in [0.1, 0.15) is 12.0 Å². The summed E-state index contributed by atoms with van der Waals surface area (Å²) in [7, 11) is 0. The maximum Gasteiger partial charge on any atom is 0.288 e. The van der Waals surface area contributed by atoms with Crippen LogP contribution in [0.4, 0.5) is 11.5 Å². The first kappa shape index (κ1) is 16.3. The first-order valence-electron chi connectivity index (χ1n) is 6.40. The molecule has 21 heavy (non-hydrogen) atoms. The molecule has 114 valence electrons. The number of nitrogens with zero attached hydrogens (tertiary/aromatic N) is 2. The topological polar surface area (TPSA) is 140 Å². The summed E-state index contributed by atoms with van der Waals surface area (Å²) < 4.78 is 0. The number of nitrogens with two attached hydrogens (primary N) is 1. The zero-order chi connectivity index (χ0) is 15.8. The van der Waals surface area contributed by atoms with Crippen molar-refractivity contribution in [2.75, 3.05) is 18.8 Å². The average molecular weight is 295 g/mol. The maximum atomic E-state index is 11.9. The van der Waals surface area contributed by atoms with Crippen molar-refractivity contribution in [1.29, 1.82) is 0 Å². The SMILES string of the molecule is CCCNC(=O)CCNC(=O)c1cc([N+](=O)[O-])cnc1N. The number of nitrogens with one attached hydrogen (secondary N) is 2. The molecular formula is C12H17N5O4. The molecule has 1 aromatic rings. The van der Waals surface area contributed by atoms with Crippen LogP contribution in [0.1, 0.15) is 30.1 Å². The lowest BCUT2D eigenvalue weighted by Crippen LogP contribution is -2.31. The number of anilines is 1. The smallest absolute Gasteiger partial charge is 0.288 e. The van der Waals surface area contributed by atoms with Crippen LogP contribution in [-0.4, -0.2) is 34.8 Å². The summed E-state index contributed by atoms with van der Waals surface area (Å²) in [6, 6.07) is 1.05. The van der Waals surface area contributed by atoms with Crippen molar-refractivity contribution in [3.63, 3.8) is 0 Å². The van der Waals surface area contributed by atoms with Crippen LogP contribution in [0.3, 0.4) is 0 Å². The van der Waals surface area contributed by atoms with E-state index in [0.29, 0.717) is 6.54 Å². The van der Waals surface area contributed by atoms with Gasteiger partial charge < -0.3 is 16.4 Å². The van der Waals surface area contributed by atoms with E-state index in [2.05, 4.69) is 15.6 Å². The molecule has 0 fully saturated rings.